The topological polar surface area (TPSA) is 135 Å². The zero-order chi connectivity index (χ0) is 21.3. The van der Waals surface area contributed by atoms with E-state index < -0.39 is 11.2 Å². The van der Waals surface area contributed by atoms with Crippen molar-refractivity contribution in [3.8, 4) is 11.6 Å². The second kappa shape index (κ2) is 7.73. The van der Waals surface area contributed by atoms with E-state index in [1.165, 1.54) is 29.6 Å². The molecule has 0 aliphatic carbocycles. The zero-order valence-electron chi connectivity index (χ0n) is 16.4. The summed E-state index contributed by atoms with van der Waals surface area (Å²) in [6, 6.07) is 1.72. The van der Waals surface area contributed by atoms with E-state index >= 15 is 0 Å². The maximum atomic E-state index is 12.4. The van der Waals surface area contributed by atoms with Crippen molar-refractivity contribution in [2.75, 3.05) is 6.54 Å². The van der Waals surface area contributed by atoms with Crippen molar-refractivity contribution in [3.05, 3.63) is 58.0 Å². The van der Waals surface area contributed by atoms with Crippen molar-refractivity contribution < 1.29 is 4.79 Å². The summed E-state index contributed by atoms with van der Waals surface area (Å²) in [6.07, 6.45) is 8.08. The minimum absolute atomic E-state index is 0.0947. The van der Waals surface area contributed by atoms with Crippen molar-refractivity contribution in [3.63, 3.8) is 0 Å². The van der Waals surface area contributed by atoms with E-state index in [1.54, 1.807) is 30.9 Å². The lowest BCUT2D eigenvalue weighted by Crippen LogP contribution is -2.38. The van der Waals surface area contributed by atoms with Crippen LogP contribution in [0.2, 0.25) is 0 Å². The molecule has 0 aromatic carbocycles. The lowest BCUT2D eigenvalue weighted by atomic mass is 10.4. The molecule has 0 saturated carbocycles. The molecule has 4 heterocycles. The van der Waals surface area contributed by atoms with Crippen LogP contribution in [0.1, 0.15) is 0 Å². The Hall–Kier alpha value is -4.09. The van der Waals surface area contributed by atoms with Crippen LogP contribution >= 0.6 is 0 Å². The molecule has 30 heavy (non-hydrogen) atoms. The third kappa shape index (κ3) is 3.38. The molecule has 4 aromatic rings. The Kier molecular flexibility index (Phi) is 4.96. The van der Waals surface area contributed by atoms with Gasteiger partial charge in [-0.05, 0) is 6.07 Å². The Morgan fingerprint density at radius 2 is 1.77 bits per heavy atom. The van der Waals surface area contributed by atoms with E-state index in [9.17, 15) is 14.4 Å². The van der Waals surface area contributed by atoms with Crippen LogP contribution in [0.3, 0.4) is 0 Å². The largest absolute Gasteiger partial charge is 0.353 e. The molecule has 0 bridgehead atoms. The van der Waals surface area contributed by atoms with Gasteiger partial charge in [0.15, 0.2) is 22.8 Å². The van der Waals surface area contributed by atoms with Crippen LogP contribution in [-0.4, -0.2) is 50.7 Å². The molecule has 0 aliphatic rings. The maximum Gasteiger partial charge on any atom is 0.332 e. The predicted molar refractivity (Wildman–Crippen MR) is 106 cm³/mol. The molecule has 0 atom stereocenters. The van der Waals surface area contributed by atoms with Gasteiger partial charge in [0, 0.05) is 52.0 Å². The number of nitrogens with zero attached hydrogens (tertiary/aromatic N) is 8. The highest BCUT2D eigenvalue weighted by molar-refractivity contribution is 5.78. The van der Waals surface area contributed by atoms with Gasteiger partial charge in [-0.3, -0.25) is 18.7 Å². The minimum atomic E-state index is -0.496. The normalized spacial score (nSPS) is 11.1. The second-order valence-corrected chi connectivity index (χ2v) is 6.62. The van der Waals surface area contributed by atoms with Crippen LogP contribution < -0.4 is 16.6 Å². The molecule has 0 spiro atoms. The Labute approximate surface area is 169 Å². The fourth-order valence-corrected chi connectivity index (χ4v) is 3.15. The SMILES string of the molecule is Cn1c(=O)c2c(ncn2CC(=O)NCCn2ccnc2-c2ncccn2)n(C)c1=O. The Balaban J connectivity index is 1.44. The van der Waals surface area contributed by atoms with Gasteiger partial charge >= 0.3 is 5.69 Å². The molecule has 0 saturated heterocycles. The zero-order valence-corrected chi connectivity index (χ0v) is 16.4. The molecule has 12 heteroatoms. The summed E-state index contributed by atoms with van der Waals surface area (Å²) in [5, 5.41) is 2.81. The summed E-state index contributed by atoms with van der Waals surface area (Å²) >= 11 is 0. The van der Waals surface area contributed by atoms with Gasteiger partial charge in [-0.2, -0.15) is 0 Å². The standard InChI is InChI=1S/C18H19N9O3/c1-24-15-13(17(29)25(2)18(24)30)27(11-23-15)10-12(28)19-6-8-26-9-7-22-16(26)14-20-4-3-5-21-14/h3-5,7,9,11H,6,8,10H2,1-2H3,(H,19,28). The molecule has 1 amide bonds. The van der Waals surface area contributed by atoms with Crippen molar-refractivity contribution in [1.82, 2.24) is 43.5 Å². The van der Waals surface area contributed by atoms with Crippen LogP contribution in [0.4, 0.5) is 0 Å². The number of aryl methyl sites for hydroxylation is 1. The lowest BCUT2D eigenvalue weighted by Gasteiger charge is -2.09. The van der Waals surface area contributed by atoms with Gasteiger partial charge in [-0.25, -0.2) is 24.7 Å². The van der Waals surface area contributed by atoms with Gasteiger partial charge in [-0.1, -0.05) is 0 Å². The van der Waals surface area contributed by atoms with Crippen molar-refractivity contribution in [1.29, 1.82) is 0 Å². The van der Waals surface area contributed by atoms with E-state index in [0.717, 1.165) is 4.57 Å². The Morgan fingerprint density at radius 3 is 2.53 bits per heavy atom. The molecule has 0 radical (unpaired) electrons. The van der Waals surface area contributed by atoms with Gasteiger partial charge in [0.1, 0.15) is 6.54 Å². The fourth-order valence-electron chi connectivity index (χ4n) is 3.15. The van der Waals surface area contributed by atoms with Gasteiger partial charge in [0.25, 0.3) is 5.56 Å². The molecule has 154 valence electrons. The molecule has 12 nitrogen and oxygen atoms in total. The second-order valence-electron chi connectivity index (χ2n) is 6.62. The van der Waals surface area contributed by atoms with E-state index in [4.69, 9.17) is 0 Å². The van der Waals surface area contributed by atoms with Crippen LogP contribution in [0.15, 0.2) is 46.8 Å². The van der Waals surface area contributed by atoms with E-state index in [1.807, 2.05) is 4.57 Å². The van der Waals surface area contributed by atoms with Crippen LogP contribution in [0, 0.1) is 0 Å². The summed E-state index contributed by atoms with van der Waals surface area (Å²) in [6.45, 7) is 0.723. The maximum absolute atomic E-state index is 12.4. The van der Waals surface area contributed by atoms with Crippen molar-refractivity contribution in [2.24, 2.45) is 14.1 Å². The van der Waals surface area contributed by atoms with E-state index in [0.29, 0.717) is 24.7 Å². The molecular formula is C18H19N9O3. The van der Waals surface area contributed by atoms with Crippen LogP contribution in [0.25, 0.3) is 22.8 Å². The molecule has 0 unspecified atom stereocenters. The highest BCUT2D eigenvalue weighted by Crippen LogP contribution is 2.10. The van der Waals surface area contributed by atoms with Crippen LogP contribution in [0.5, 0.6) is 0 Å². The third-order valence-electron chi connectivity index (χ3n) is 4.69. The van der Waals surface area contributed by atoms with E-state index in [-0.39, 0.29) is 23.6 Å². The summed E-state index contributed by atoms with van der Waals surface area (Å²) in [5.74, 6) is 0.817. The first-order chi connectivity index (χ1) is 14.5. The average molecular weight is 409 g/mol. The lowest BCUT2D eigenvalue weighted by molar-refractivity contribution is -0.121. The smallest absolute Gasteiger partial charge is 0.332 e. The summed E-state index contributed by atoms with van der Waals surface area (Å²) in [5.41, 5.74) is -0.528. The van der Waals surface area contributed by atoms with E-state index in [2.05, 4.69) is 25.3 Å². The number of imidazole rings is 2. The number of carbonyl (C=O) groups excluding carboxylic acids is 1. The summed E-state index contributed by atoms with van der Waals surface area (Å²) in [7, 11) is 2.92. The number of rotatable bonds is 6. The first-order valence-electron chi connectivity index (χ1n) is 9.13. The molecule has 0 aliphatic heterocycles. The Bertz CT molecular complexity index is 1330. The molecule has 1 N–H and O–H groups in total. The number of aromatic nitrogens is 8. The molecular weight excluding hydrogens is 390 g/mol. The highest BCUT2D eigenvalue weighted by Gasteiger charge is 2.16. The quantitative estimate of drug-likeness (QED) is 0.427. The number of hydrogen-bond donors (Lipinski definition) is 1. The van der Waals surface area contributed by atoms with Gasteiger partial charge in [-0.15, -0.1) is 0 Å². The average Bonchev–Trinajstić information content (AvgIpc) is 3.38. The number of hydrogen-bond acceptors (Lipinski definition) is 7. The first kappa shape index (κ1) is 19.2. The molecule has 4 rings (SSSR count). The van der Waals surface area contributed by atoms with Crippen LogP contribution in [-0.2, 0) is 32.0 Å². The number of carbonyl (C=O) groups is 1. The number of nitrogens with one attached hydrogen (secondary N) is 1. The fraction of sp³-hybridized carbons (Fsp3) is 0.278. The number of fused-ring (bicyclic) bond motifs is 1. The molecule has 4 aromatic heterocycles. The predicted octanol–water partition coefficient (Wildman–Crippen LogP) is -1.10. The monoisotopic (exact) mass is 409 g/mol. The summed E-state index contributed by atoms with van der Waals surface area (Å²) < 4.78 is 5.54. The summed E-state index contributed by atoms with van der Waals surface area (Å²) in [4.78, 5) is 53.6. The number of amides is 1. The first-order valence-corrected chi connectivity index (χ1v) is 9.13. The van der Waals surface area contributed by atoms with Gasteiger partial charge in [0.2, 0.25) is 5.91 Å². The van der Waals surface area contributed by atoms with Crippen molar-refractivity contribution in [2.45, 2.75) is 13.1 Å². The van der Waals surface area contributed by atoms with Crippen molar-refractivity contribution >= 4 is 17.1 Å². The van der Waals surface area contributed by atoms with Gasteiger partial charge < -0.3 is 14.5 Å². The Morgan fingerprint density at radius 1 is 1.00 bits per heavy atom. The highest BCUT2D eigenvalue weighted by atomic mass is 16.2. The third-order valence-corrected chi connectivity index (χ3v) is 4.69. The molecule has 0 fully saturated rings. The van der Waals surface area contributed by atoms with Gasteiger partial charge in [0.05, 0.1) is 6.33 Å². The minimum Gasteiger partial charge on any atom is -0.353 e.